The lowest BCUT2D eigenvalue weighted by Gasteiger charge is -2.27. The van der Waals surface area contributed by atoms with Gasteiger partial charge in [0.05, 0.1) is 30.8 Å². The largest absolute Gasteiger partial charge is 0.465 e. The summed E-state index contributed by atoms with van der Waals surface area (Å²) >= 11 is 0. The summed E-state index contributed by atoms with van der Waals surface area (Å²) in [5.41, 5.74) is 2.90. The maximum atomic E-state index is 12.8. The standard InChI is InChI=1S/C21H26N2O5S/c1-16-7-8-19(13-20(16)21(24)27-2)29(25,26)22-14-17-5-3-4-6-18(17)15-23-9-11-28-12-10-23/h3-8,13,22H,9-12,14-15H2,1-2H3. The number of methoxy groups -OCH3 is 1. The molecule has 8 heteroatoms. The lowest BCUT2D eigenvalue weighted by atomic mass is 10.1. The molecule has 0 saturated carbocycles. The van der Waals surface area contributed by atoms with Gasteiger partial charge >= 0.3 is 5.97 Å². The third kappa shape index (κ3) is 5.42. The molecule has 0 radical (unpaired) electrons. The molecular formula is C21H26N2O5S. The van der Waals surface area contributed by atoms with Crippen LogP contribution in [0.25, 0.3) is 0 Å². The first kappa shape index (κ1) is 21.4. The molecule has 1 aliphatic heterocycles. The Balaban J connectivity index is 1.75. The van der Waals surface area contributed by atoms with E-state index in [0.717, 1.165) is 30.8 Å². The van der Waals surface area contributed by atoms with Crippen LogP contribution in [0.2, 0.25) is 0 Å². The van der Waals surface area contributed by atoms with Gasteiger partial charge in [-0.2, -0.15) is 0 Å². The first-order valence-corrected chi connectivity index (χ1v) is 10.9. The number of nitrogens with zero attached hydrogens (tertiary/aromatic N) is 1. The van der Waals surface area contributed by atoms with Gasteiger partial charge in [0.25, 0.3) is 0 Å². The highest BCUT2D eigenvalue weighted by molar-refractivity contribution is 7.89. The number of hydrogen-bond acceptors (Lipinski definition) is 6. The molecule has 1 N–H and O–H groups in total. The van der Waals surface area contributed by atoms with Gasteiger partial charge in [0.15, 0.2) is 0 Å². The van der Waals surface area contributed by atoms with Gasteiger partial charge in [-0.25, -0.2) is 17.9 Å². The maximum Gasteiger partial charge on any atom is 0.338 e. The summed E-state index contributed by atoms with van der Waals surface area (Å²) < 4.78 is 38.4. The number of esters is 1. The average Bonchev–Trinajstić information content (AvgIpc) is 2.73. The van der Waals surface area contributed by atoms with Gasteiger partial charge in [-0.1, -0.05) is 30.3 Å². The summed E-state index contributed by atoms with van der Waals surface area (Å²) in [5.74, 6) is -0.560. The number of morpholine rings is 1. The van der Waals surface area contributed by atoms with Crippen molar-refractivity contribution in [2.45, 2.75) is 24.9 Å². The molecular weight excluding hydrogens is 392 g/mol. The molecule has 0 bridgehead atoms. The molecule has 0 atom stereocenters. The van der Waals surface area contributed by atoms with E-state index in [1.54, 1.807) is 13.0 Å². The Morgan fingerprint density at radius 2 is 1.83 bits per heavy atom. The molecule has 1 aliphatic rings. The first-order chi connectivity index (χ1) is 13.9. The number of hydrogen-bond donors (Lipinski definition) is 1. The average molecular weight is 419 g/mol. The van der Waals surface area contributed by atoms with Crippen molar-refractivity contribution >= 4 is 16.0 Å². The van der Waals surface area contributed by atoms with E-state index >= 15 is 0 Å². The van der Waals surface area contributed by atoms with E-state index in [0.29, 0.717) is 18.8 Å². The lowest BCUT2D eigenvalue weighted by molar-refractivity contribution is 0.0341. The van der Waals surface area contributed by atoms with Gasteiger partial charge in [0, 0.05) is 26.2 Å². The van der Waals surface area contributed by atoms with Gasteiger partial charge in [-0.15, -0.1) is 0 Å². The highest BCUT2D eigenvalue weighted by Gasteiger charge is 2.19. The Morgan fingerprint density at radius 3 is 2.52 bits per heavy atom. The summed E-state index contributed by atoms with van der Waals surface area (Å²) in [4.78, 5) is 14.2. The van der Waals surface area contributed by atoms with Crippen LogP contribution < -0.4 is 4.72 Å². The van der Waals surface area contributed by atoms with E-state index in [1.807, 2.05) is 24.3 Å². The minimum Gasteiger partial charge on any atom is -0.465 e. The first-order valence-electron chi connectivity index (χ1n) is 9.46. The quantitative estimate of drug-likeness (QED) is 0.693. The molecule has 2 aromatic carbocycles. The van der Waals surface area contributed by atoms with E-state index in [2.05, 4.69) is 9.62 Å². The number of carbonyl (C=O) groups is 1. The molecule has 29 heavy (non-hydrogen) atoms. The zero-order valence-corrected chi connectivity index (χ0v) is 17.5. The van der Waals surface area contributed by atoms with Crippen molar-refractivity contribution in [1.82, 2.24) is 9.62 Å². The number of rotatable bonds is 7. The molecule has 0 unspecified atom stereocenters. The van der Waals surface area contributed by atoms with E-state index < -0.39 is 16.0 Å². The summed E-state index contributed by atoms with van der Waals surface area (Å²) in [6, 6.07) is 12.2. The predicted molar refractivity (Wildman–Crippen MR) is 109 cm³/mol. The van der Waals surface area contributed by atoms with Crippen LogP contribution in [-0.4, -0.2) is 52.7 Å². The summed E-state index contributed by atoms with van der Waals surface area (Å²) in [5, 5.41) is 0. The fourth-order valence-electron chi connectivity index (χ4n) is 3.24. The van der Waals surface area contributed by atoms with Crippen molar-refractivity contribution < 1.29 is 22.7 Å². The van der Waals surface area contributed by atoms with Crippen LogP contribution in [0.1, 0.15) is 27.0 Å². The molecule has 2 aromatic rings. The van der Waals surface area contributed by atoms with Crippen molar-refractivity contribution in [3.05, 3.63) is 64.7 Å². The van der Waals surface area contributed by atoms with Crippen molar-refractivity contribution in [2.24, 2.45) is 0 Å². The van der Waals surface area contributed by atoms with Crippen molar-refractivity contribution in [1.29, 1.82) is 0 Å². The molecule has 7 nitrogen and oxygen atoms in total. The lowest BCUT2D eigenvalue weighted by Crippen LogP contribution is -2.36. The summed E-state index contributed by atoms with van der Waals surface area (Å²) in [6.07, 6.45) is 0. The van der Waals surface area contributed by atoms with Crippen molar-refractivity contribution in [3.63, 3.8) is 0 Å². The van der Waals surface area contributed by atoms with Gasteiger partial charge in [-0.05, 0) is 35.7 Å². The van der Waals surface area contributed by atoms with E-state index in [4.69, 9.17) is 9.47 Å². The zero-order chi connectivity index (χ0) is 20.9. The van der Waals surface area contributed by atoms with Crippen molar-refractivity contribution in [2.75, 3.05) is 33.4 Å². The third-order valence-corrected chi connectivity index (χ3v) is 6.39. The van der Waals surface area contributed by atoms with Crippen LogP contribution in [0.5, 0.6) is 0 Å². The van der Waals surface area contributed by atoms with Gasteiger partial charge in [-0.3, -0.25) is 4.90 Å². The second-order valence-corrected chi connectivity index (χ2v) is 8.72. The Morgan fingerprint density at radius 1 is 1.14 bits per heavy atom. The molecule has 0 aliphatic carbocycles. The Kier molecular flexibility index (Phi) is 7.02. The number of aryl methyl sites for hydroxylation is 1. The topological polar surface area (TPSA) is 84.9 Å². The van der Waals surface area contributed by atoms with Gasteiger partial charge < -0.3 is 9.47 Å². The van der Waals surface area contributed by atoms with Crippen molar-refractivity contribution in [3.8, 4) is 0 Å². The van der Waals surface area contributed by atoms with Crippen LogP contribution in [0.3, 0.4) is 0 Å². The number of sulfonamides is 1. The van der Waals surface area contributed by atoms with E-state index in [-0.39, 0.29) is 17.0 Å². The Bertz CT molecular complexity index is 969. The van der Waals surface area contributed by atoms with Crippen LogP contribution >= 0.6 is 0 Å². The fraction of sp³-hybridized carbons (Fsp3) is 0.381. The smallest absolute Gasteiger partial charge is 0.338 e. The fourth-order valence-corrected chi connectivity index (χ4v) is 4.27. The van der Waals surface area contributed by atoms with E-state index in [1.165, 1.54) is 19.2 Å². The molecule has 0 spiro atoms. The SMILES string of the molecule is COC(=O)c1cc(S(=O)(=O)NCc2ccccc2CN2CCOCC2)ccc1C. The molecule has 1 fully saturated rings. The Hall–Kier alpha value is -2.26. The normalized spacial score (nSPS) is 15.2. The molecule has 1 heterocycles. The second-order valence-electron chi connectivity index (χ2n) is 6.95. The maximum absolute atomic E-state index is 12.8. The van der Waals surface area contributed by atoms with Crippen LogP contribution in [0, 0.1) is 6.92 Å². The summed E-state index contributed by atoms with van der Waals surface area (Å²) in [6.45, 7) is 5.80. The number of carbonyl (C=O) groups excluding carboxylic acids is 1. The highest BCUT2D eigenvalue weighted by atomic mass is 32.2. The number of nitrogens with one attached hydrogen (secondary N) is 1. The minimum atomic E-state index is -3.78. The highest BCUT2D eigenvalue weighted by Crippen LogP contribution is 2.18. The Labute approximate surface area is 171 Å². The zero-order valence-electron chi connectivity index (χ0n) is 16.7. The monoisotopic (exact) mass is 418 g/mol. The molecule has 1 saturated heterocycles. The number of ether oxygens (including phenoxy) is 2. The predicted octanol–water partition coefficient (Wildman–Crippen LogP) is 2.09. The summed E-state index contributed by atoms with van der Waals surface area (Å²) in [7, 11) is -2.51. The molecule has 156 valence electrons. The second kappa shape index (κ2) is 9.49. The van der Waals surface area contributed by atoms with Crippen LogP contribution in [-0.2, 0) is 32.6 Å². The van der Waals surface area contributed by atoms with Gasteiger partial charge in [0.2, 0.25) is 10.0 Å². The van der Waals surface area contributed by atoms with E-state index in [9.17, 15) is 13.2 Å². The molecule has 0 aromatic heterocycles. The van der Waals surface area contributed by atoms with Gasteiger partial charge in [0.1, 0.15) is 0 Å². The third-order valence-electron chi connectivity index (χ3n) is 4.99. The number of benzene rings is 2. The minimum absolute atomic E-state index is 0.0363. The molecule has 0 amide bonds. The van der Waals surface area contributed by atoms with Crippen LogP contribution in [0.15, 0.2) is 47.4 Å². The molecule has 3 rings (SSSR count). The van der Waals surface area contributed by atoms with Crippen LogP contribution in [0.4, 0.5) is 0 Å².